The SMILES string of the molecule is O=C(CCc1ccccc1)Nc1ccc2c(c1)C(=O)C(=O)N2Cc1ccccc1. The molecule has 29 heavy (non-hydrogen) atoms. The highest BCUT2D eigenvalue weighted by atomic mass is 16.2. The molecule has 0 unspecified atom stereocenters. The average Bonchev–Trinajstić information content (AvgIpc) is 2.98. The molecule has 0 atom stereocenters. The summed E-state index contributed by atoms with van der Waals surface area (Å²) in [6.45, 7) is 0.335. The van der Waals surface area contributed by atoms with Gasteiger partial charge < -0.3 is 10.2 Å². The Morgan fingerprint density at radius 1 is 0.828 bits per heavy atom. The number of ketones is 1. The molecule has 1 aliphatic heterocycles. The Morgan fingerprint density at radius 2 is 1.48 bits per heavy atom. The van der Waals surface area contributed by atoms with Gasteiger partial charge in [-0.05, 0) is 35.7 Å². The lowest BCUT2D eigenvalue weighted by molar-refractivity contribution is -0.116. The first-order valence-corrected chi connectivity index (χ1v) is 9.50. The van der Waals surface area contributed by atoms with E-state index in [1.165, 1.54) is 4.90 Å². The molecule has 5 nitrogen and oxygen atoms in total. The number of carbonyl (C=O) groups is 3. The van der Waals surface area contributed by atoms with E-state index in [-0.39, 0.29) is 5.91 Å². The van der Waals surface area contributed by atoms with Gasteiger partial charge in [0.2, 0.25) is 5.91 Å². The van der Waals surface area contributed by atoms with Crippen molar-refractivity contribution in [3.8, 4) is 0 Å². The molecule has 0 saturated carbocycles. The zero-order valence-electron chi connectivity index (χ0n) is 15.8. The van der Waals surface area contributed by atoms with Gasteiger partial charge in [0.15, 0.2) is 0 Å². The van der Waals surface area contributed by atoms with Gasteiger partial charge in [0.05, 0.1) is 17.8 Å². The molecule has 0 aliphatic carbocycles. The number of fused-ring (bicyclic) bond motifs is 1. The van der Waals surface area contributed by atoms with Crippen LogP contribution in [0.3, 0.4) is 0 Å². The Bertz CT molecular complexity index is 1060. The molecule has 0 aromatic heterocycles. The number of benzene rings is 3. The first-order valence-electron chi connectivity index (χ1n) is 9.50. The molecule has 0 saturated heterocycles. The van der Waals surface area contributed by atoms with Crippen LogP contribution in [0.25, 0.3) is 0 Å². The maximum atomic E-state index is 12.4. The molecular weight excluding hydrogens is 364 g/mol. The van der Waals surface area contributed by atoms with Gasteiger partial charge >= 0.3 is 0 Å². The Morgan fingerprint density at radius 3 is 2.17 bits per heavy atom. The molecule has 0 radical (unpaired) electrons. The summed E-state index contributed by atoms with van der Waals surface area (Å²) in [6, 6.07) is 24.3. The van der Waals surface area contributed by atoms with Crippen molar-refractivity contribution in [3.05, 3.63) is 95.6 Å². The third-order valence-electron chi connectivity index (χ3n) is 4.92. The van der Waals surface area contributed by atoms with E-state index in [0.717, 1.165) is 11.1 Å². The van der Waals surface area contributed by atoms with Crippen LogP contribution in [0.15, 0.2) is 78.9 Å². The van der Waals surface area contributed by atoms with Crippen LogP contribution in [0.1, 0.15) is 27.9 Å². The second kappa shape index (κ2) is 8.10. The highest BCUT2D eigenvalue weighted by Crippen LogP contribution is 2.32. The molecule has 1 heterocycles. The van der Waals surface area contributed by atoms with E-state index in [2.05, 4.69) is 5.32 Å². The zero-order chi connectivity index (χ0) is 20.2. The number of amides is 2. The molecule has 3 aromatic rings. The number of aryl methyl sites for hydroxylation is 1. The second-order valence-electron chi connectivity index (χ2n) is 6.97. The third kappa shape index (κ3) is 4.09. The van der Waals surface area contributed by atoms with Crippen molar-refractivity contribution < 1.29 is 14.4 Å². The van der Waals surface area contributed by atoms with E-state index in [4.69, 9.17) is 0 Å². The van der Waals surface area contributed by atoms with Gasteiger partial charge in [-0.1, -0.05) is 60.7 Å². The van der Waals surface area contributed by atoms with Crippen molar-refractivity contribution in [2.45, 2.75) is 19.4 Å². The topological polar surface area (TPSA) is 66.5 Å². The number of hydrogen-bond donors (Lipinski definition) is 1. The van der Waals surface area contributed by atoms with Gasteiger partial charge in [-0.15, -0.1) is 0 Å². The Balaban J connectivity index is 1.46. The number of carbonyl (C=O) groups excluding carboxylic acids is 3. The van der Waals surface area contributed by atoms with Crippen LogP contribution in [-0.4, -0.2) is 17.6 Å². The predicted octanol–water partition coefficient (Wildman–Crippen LogP) is 3.99. The lowest BCUT2D eigenvalue weighted by atomic mass is 10.1. The molecule has 1 aliphatic rings. The smallest absolute Gasteiger partial charge is 0.299 e. The quantitative estimate of drug-likeness (QED) is 0.654. The summed E-state index contributed by atoms with van der Waals surface area (Å²) in [5, 5.41) is 2.82. The minimum absolute atomic E-state index is 0.133. The molecule has 5 heteroatoms. The largest absolute Gasteiger partial charge is 0.326 e. The summed E-state index contributed by atoms with van der Waals surface area (Å²) >= 11 is 0. The number of nitrogens with zero attached hydrogens (tertiary/aromatic N) is 1. The van der Waals surface area contributed by atoms with Crippen LogP contribution in [-0.2, 0) is 22.6 Å². The average molecular weight is 384 g/mol. The zero-order valence-corrected chi connectivity index (χ0v) is 15.8. The van der Waals surface area contributed by atoms with E-state index in [9.17, 15) is 14.4 Å². The van der Waals surface area contributed by atoms with Crippen molar-refractivity contribution in [1.82, 2.24) is 0 Å². The normalized spacial score (nSPS) is 12.8. The summed E-state index contributed by atoms with van der Waals surface area (Å²) in [6.07, 6.45) is 0.980. The van der Waals surface area contributed by atoms with E-state index in [1.54, 1.807) is 18.2 Å². The van der Waals surface area contributed by atoms with Crippen LogP contribution in [0, 0.1) is 0 Å². The fourth-order valence-electron chi connectivity index (χ4n) is 3.43. The molecule has 144 valence electrons. The van der Waals surface area contributed by atoms with Crippen molar-refractivity contribution in [3.63, 3.8) is 0 Å². The lowest BCUT2D eigenvalue weighted by Gasteiger charge is -2.17. The minimum Gasteiger partial charge on any atom is -0.326 e. The first kappa shape index (κ1) is 18.6. The summed E-state index contributed by atoms with van der Waals surface area (Å²) in [5.41, 5.74) is 3.45. The number of anilines is 2. The van der Waals surface area contributed by atoms with Crippen LogP contribution >= 0.6 is 0 Å². The molecule has 0 fully saturated rings. The van der Waals surface area contributed by atoms with E-state index in [1.807, 2.05) is 60.7 Å². The lowest BCUT2D eigenvalue weighted by Crippen LogP contribution is -2.29. The molecule has 0 spiro atoms. The van der Waals surface area contributed by atoms with Crippen LogP contribution in [0.2, 0.25) is 0 Å². The molecule has 3 aromatic carbocycles. The van der Waals surface area contributed by atoms with Crippen molar-refractivity contribution in [1.29, 1.82) is 0 Å². The third-order valence-corrected chi connectivity index (χ3v) is 4.92. The second-order valence-corrected chi connectivity index (χ2v) is 6.97. The van der Waals surface area contributed by atoms with Gasteiger partial charge in [-0.3, -0.25) is 14.4 Å². The summed E-state index contributed by atoms with van der Waals surface area (Å²) < 4.78 is 0. The maximum absolute atomic E-state index is 12.4. The fourth-order valence-corrected chi connectivity index (χ4v) is 3.43. The maximum Gasteiger partial charge on any atom is 0.299 e. The molecular formula is C24H20N2O3. The number of nitrogens with one attached hydrogen (secondary N) is 1. The van der Waals surface area contributed by atoms with Crippen molar-refractivity contribution in [2.24, 2.45) is 0 Å². The number of rotatable bonds is 6. The number of hydrogen-bond acceptors (Lipinski definition) is 3. The summed E-state index contributed by atoms with van der Waals surface area (Å²) in [5.74, 6) is -1.22. The summed E-state index contributed by atoms with van der Waals surface area (Å²) in [7, 11) is 0. The van der Waals surface area contributed by atoms with Crippen molar-refractivity contribution in [2.75, 3.05) is 10.2 Å². The van der Waals surface area contributed by atoms with E-state index in [0.29, 0.717) is 36.3 Å². The van der Waals surface area contributed by atoms with Crippen LogP contribution < -0.4 is 10.2 Å². The number of Topliss-reactive ketones (excluding diaryl/α,β-unsaturated/α-hetero) is 1. The van der Waals surface area contributed by atoms with Gasteiger partial charge in [0.1, 0.15) is 0 Å². The molecule has 0 bridgehead atoms. The highest BCUT2D eigenvalue weighted by molar-refractivity contribution is 6.52. The van der Waals surface area contributed by atoms with E-state index >= 15 is 0 Å². The van der Waals surface area contributed by atoms with Gasteiger partial charge in [-0.25, -0.2) is 0 Å². The monoisotopic (exact) mass is 384 g/mol. The van der Waals surface area contributed by atoms with Gasteiger partial charge in [-0.2, -0.15) is 0 Å². The predicted molar refractivity (Wildman–Crippen MR) is 112 cm³/mol. The first-order chi connectivity index (χ1) is 14.1. The fraction of sp³-hybridized carbons (Fsp3) is 0.125. The Hall–Kier alpha value is -3.73. The minimum atomic E-state index is -0.545. The Labute approximate surface area is 169 Å². The summed E-state index contributed by atoms with van der Waals surface area (Å²) in [4.78, 5) is 38.6. The van der Waals surface area contributed by atoms with Crippen LogP contribution in [0.4, 0.5) is 11.4 Å². The van der Waals surface area contributed by atoms with Gasteiger partial charge in [0, 0.05) is 12.1 Å². The highest BCUT2D eigenvalue weighted by Gasteiger charge is 2.35. The molecule has 1 N–H and O–H groups in total. The van der Waals surface area contributed by atoms with E-state index < -0.39 is 11.7 Å². The van der Waals surface area contributed by atoms with Crippen LogP contribution in [0.5, 0.6) is 0 Å². The van der Waals surface area contributed by atoms with Crippen molar-refractivity contribution >= 4 is 29.0 Å². The Kier molecular flexibility index (Phi) is 5.20. The molecule has 4 rings (SSSR count). The standard InChI is InChI=1S/C24H20N2O3/c27-22(14-11-17-7-3-1-4-8-17)25-19-12-13-21-20(15-19)23(28)24(29)26(21)16-18-9-5-2-6-10-18/h1-10,12-13,15H,11,14,16H2,(H,25,27). The molecule has 2 amide bonds. The van der Waals surface area contributed by atoms with Gasteiger partial charge in [0.25, 0.3) is 11.7 Å².